The molecule has 2 fully saturated rings. The first-order chi connectivity index (χ1) is 16.8. The molecule has 4 aliphatic heterocycles. The minimum absolute atomic E-state index is 0.00458. The molecule has 10 nitrogen and oxygen atoms in total. The maximum absolute atomic E-state index is 13.8. The molecule has 180 valence electrons. The quantitative estimate of drug-likeness (QED) is 0.529. The summed E-state index contributed by atoms with van der Waals surface area (Å²) in [5.74, 6) is -2.56. The molecule has 1 spiro atoms. The number of nitrogens with zero attached hydrogens (tertiary/aromatic N) is 1. The minimum Gasteiger partial charge on any atom is -0.454 e. The molecule has 2 aromatic carbocycles. The number of fused-ring (bicyclic) bond motifs is 5. The molecular weight excluding hydrogens is 476 g/mol. The summed E-state index contributed by atoms with van der Waals surface area (Å²) in [4.78, 5) is 53.6. The van der Waals surface area contributed by atoms with Crippen LogP contribution in [0.25, 0.3) is 0 Å². The van der Waals surface area contributed by atoms with Crippen LogP contribution < -0.4 is 25.8 Å². The van der Waals surface area contributed by atoms with Crippen LogP contribution in [0.3, 0.4) is 0 Å². The molecule has 4 heterocycles. The number of carbonyl (C=O) groups is 4. The summed E-state index contributed by atoms with van der Waals surface area (Å²) in [6.07, 6.45) is 0.211. The average molecular weight is 497 g/mol. The third kappa shape index (κ3) is 3.06. The Bertz CT molecular complexity index is 1310. The van der Waals surface area contributed by atoms with Crippen molar-refractivity contribution in [3.05, 3.63) is 52.5 Å². The van der Waals surface area contributed by atoms with Gasteiger partial charge in [0.15, 0.2) is 11.5 Å². The van der Waals surface area contributed by atoms with E-state index in [1.807, 2.05) is 0 Å². The van der Waals surface area contributed by atoms with Crippen LogP contribution in [0.2, 0.25) is 5.02 Å². The van der Waals surface area contributed by atoms with Crippen molar-refractivity contribution >= 4 is 40.9 Å². The maximum atomic E-state index is 13.8. The number of amides is 4. The topological polar surface area (TPSA) is 140 Å². The summed E-state index contributed by atoms with van der Waals surface area (Å²) < 4.78 is 10.7. The highest BCUT2D eigenvalue weighted by molar-refractivity contribution is 6.35. The summed E-state index contributed by atoms with van der Waals surface area (Å²) in [7, 11) is 0. The summed E-state index contributed by atoms with van der Waals surface area (Å²) in [6.45, 7) is 0.126. The van der Waals surface area contributed by atoms with Gasteiger partial charge in [-0.3, -0.25) is 29.4 Å². The van der Waals surface area contributed by atoms with Gasteiger partial charge in [-0.05, 0) is 30.2 Å². The van der Waals surface area contributed by atoms with Crippen LogP contribution in [0.5, 0.6) is 11.5 Å². The smallest absolute Gasteiger partial charge is 0.250 e. The van der Waals surface area contributed by atoms with E-state index in [0.717, 1.165) is 0 Å². The molecule has 2 aromatic rings. The molecule has 35 heavy (non-hydrogen) atoms. The number of nitrogens with two attached hydrogens (primary N) is 1. The average Bonchev–Trinajstić information content (AvgIpc) is 3.55. The Kier molecular flexibility index (Phi) is 4.81. The zero-order valence-corrected chi connectivity index (χ0v) is 19.1. The van der Waals surface area contributed by atoms with Gasteiger partial charge in [0.05, 0.1) is 29.1 Å². The molecule has 4 atom stereocenters. The van der Waals surface area contributed by atoms with Gasteiger partial charge in [0.25, 0.3) is 0 Å². The summed E-state index contributed by atoms with van der Waals surface area (Å²) >= 11 is 6.34. The van der Waals surface area contributed by atoms with Crippen LogP contribution in [0.1, 0.15) is 24.0 Å². The molecule has 2 saturated heterocycles. The molecule has 11 heteroatoms. The lowest BCUT2D eigenvalue weighted by atomic mass is 9.76. The van der Waals surface area contributed by atoms with E-state index in [1.165, 1.54) is 4.90 Å². The lowest BCUT2D eigenvalue weighted by Crippen LogP contribution is -2.53. The molecule has 0 radical (unpaired) electrons. The monoisotopic (exact) mass is 496 g/mol. The van der Waals surface area contributed by atoms with Crippen molar-refractivity contribution < 1.29 is 28.7 Å². The highest BCUT2D eigenvalue weighted by Crippen LogP contribution is 2.54. The van der Waals surface area contributed by atoms with Gasteiger partial charge in [-0.15, -0.1) is 0 Å². The first kappa shape index (κ1) is 21.9. The molecular formula is C24H21ClN4O6. The van der Waals surface area contributed by atoms with Gasteiger partial charge in [0, 0.05) is 18.0 Å². The fraction of sp³-hybridized carbons (Fsp3) is 0.333. The molecule has 0 bridgehead atoms. The number of ether oxygens (including phenoxy) is 2. The lowest BCUT2D eigenvalue weighted by Gasteiger charge is -2.29. The SMILES string of the molecule is NC(=O)CC[C@H]1N[C@@]2(C(=O)Nc3c(Cl)cccc32)[C@H]2C(=O)N(Cc3ccc4c(c3)OCO4)C(=O)[C@H]12. The van der Waals surface area contributed by atoms with E-state index in [1.54, 1.807) is 36.4 Å². The minimum atomic E-state index is -1.48. The van der Waals surface area contributed by atoms with Crippen LogP contribution in [-0.4, -0.2) is 41.4 Å². The third-order valence-corrected chi connectivity index (χ3v) is 7.58. The van der Waals surface area contributed by atoms with Crippen LogP contribution in [0, 0.1) is 11.8 Å². The van der Waals surface area contributed by atoms with Crippen molar-refractivity contribution in [2.24, 2.45) is 17.6 Å². The largest absolute Gasteiger partial charge is 0.454 e. The van der Waals surface area contributed by atoms with Gasteiger partial charge in [-0.1, -0.05) is 29.8 Å². The van der Waals surface area contributed by atoms with E-state index in [9.17, 15) is 19.2 Å². The van der Waals surface area contributed by atoms with Gasteiger partial charge in [0.2, 0.25) is 30.4 Å². The Morgan fingerprint density at radius 1 is 1.14 bits per heavy atom. The first-order valence-corrected chi connectivity index (χ1v) is 11.6. The van der Waals surface area contributed by atoms with Crippen molar-refractivity contribution in [2.45, 2.75) is 31.0 Å². The van der Waals surface area contributed by atoms with E-state index in [2.05, 4.69) is 10.6 Å². The normalized spacial score (nSPS) is 28.0. The van der Waals surface area contributed by atoms with Crippen molar-refractivity contribution in [3.63, 3.8) is 0 Å². The number of imide groups is 1. The Labute approximate surface area is 204 Å². The van der Waals surface area contributed by atoms with Crippen molar-refractivity contribution in [2.75, 3.05) is 12.1 Å². The highest BCUT2D eigenvalue weighted by atomic mass is 35.5. The summed E-state index contributed by atoms with van der Waals surface area (Å²) in [5, 5.41) is 6.37. The maximum Gasteiger partial charge on any atom is 0.250 e. The predicted octanol–water partition coefficient (Wildman–Crippen LogP) is 1.25. The molecule has 0 unspecified atom stereocenters. The Balaban J connectivity index is 1.40. The molecule has 4 aliphatic rings. The fourth-order valence-electron chi connectivity index (χ4n) is 5.78. The van der Waals surface area contributed by atoms with Crippen LogP contribution >= 0.6 is 11.6 Å². The van der Waals surface area contributed by atoms with E-state index < -0.39 is 47.0 Å². The zero-order valence-electron chi connectivity index (χ0n) is 18.4. The van der Waals surface area contributed by atoms with Crippen molar-refractivity contribution in [3.8, 4) is 11.5 Å². The van der Waals surface area contributed by atoms with Gasteiger partial charge in [-0.25, -0.2) is 0 Å². The summed E-state index contributed by atoms with van der Waals surface area (Å²) in [5.41, 5.74) is 5.49. The summed E-state index contributed by atoms with van der Waals surface area (Å²) in [6, 6.07) is 9.67. The molecule has 4 amide bonds. The fourth-order valence-corrected chi connectivity index (χ4v) is 6.00. The number of likely N-dealkylation sites (tertiary alicyclic amines) is 1. The molecule has 0 saturated carbocycles. The van der Waals surface area contributed by atoms with Crippen molar-refractivity contribution in [1.29, 1.82) is 0 Å². The number of halogens is 1. The van der Waals surface area contributed by atoms with E-state index in [4.69, 9.17) is 26.8 Å². The standard InChI is InChI=1S/C24H21ClN4O6/c25-13-3-1-2-12-20(13)27-23(33)24(12)19-18(14(28-24)5-7-17(26)30)21(31)29(22(19)32)9-11-4-6-15-16(8-11)35-10-34-15/h1-4,6,8,14,18-19,28H,5,7,9-10H2,(H2,26,30)(H,27,33)/t14-,18-,19-,24-/m1/s1. The van der Waals surface area contributed by atoms with Gasteiger partial charge in [-0.2, -0.15) is 0 Å². The number of primary amides is 1. The number of nitrogens with one attached hydrogen (secondary N) is 2. The highest BCUT2D eigenvalue weighted by Gasteiger charge is 2.70. The zero-order chi connectivity index (χ0) is 24.5. The van der Waals surface area contributed by atoms with Gasteiger partial charge in [0.1, 0.15) is 5.54 Å². The first-order valence-electron chi connectivity index (χ1n) is 11.2. The Hall–Kier alpha value is -3.63. The number of hydrogen-bond donors (Lipinski definition) is 3. The number of rotatable bonds is 5. The number of hydrogen-bond acceptors (Lipinski definition) is 7. The second-order valence-electron chi connectivity index (χ2n) is 9.13. The predicted molar refractivity (Wildman–Crippen MR) is 122 cm³/mol. The number of para-hydroxylation sites is 1. The Morgan fingerprint density at radius 3 is 2.74 bits per heavy atom. The van der Waals surface area contributed by atoms with E-state index >= 15 is 0 Å². The van der Waals surface area contributed by atoms with Gasteiger partial charge >= 0.3 is 0 Å². The number of benzene rings is 2. The second-order valence-corrected chi connectivity index (χ2v) is 9.54. The number of anilines is 1. The number of carbonyl (C=O) groups excluding carboxylic acids is 4. The van der Waals surface area contributed by atoms with Crippen molar-refractivity contribution in [1.82, 2.24) is 10.2 Å². The molecule has 0 aliphatic carbocycles. The van der Waals surface area contributed by atoms with Crippen LogP contribution in [-0.2, 0) is 31.3 Å². The molecule has 0 aromatic heterocycles. The van der Waals surface area contributed by atoms with E-state index in [0.29, 0.717) is 33.3 Å². The Morgan fingerprint density at radius 2 is 1.94 bits per heavy atom. The second kappa shape index (κ2) is 7.69. The lowest BCUT2D eigenvalue weighted by molar-refractivity contribution is -0.143. The van der Waals surface area contributed by atoms with Crippen LogP contribution in [0.4, 0.5) is 5.69 Å². The molecule has 4 N–H and O–H groups in total. The van der Waals surface area contributed by atoms with E-state index in [-0.39, 0.29) is 26.2 Å². The molecule has 6 rings (SSSR count). The van der Waals surface area contributed by atoms with Gasteiger partial charge < -0.3 is 20.5 Å². The third-order valence-electron chi connectivity index (χ3n) is 7.27. The van der Waals surface area contributed by atoms with Crippen LogP contribution in [0.15, 0.2) is 36.4 Å².